The highest BCUT2D eigenvalue weighted by molar-refractivity contribution is 6.02. The number of likely N-dealkylation sites (tertiary alicyclic amines) is 1. The Morgan fingerprint density at radius 3 is 2.52 bits per heavy atom. The number of benzene rings is 1. The Morgan fingerprint density at radius 1 is 1.05 bits per heavy atom. The number of hydrogen-bond acceptors (Lipinski definition) is 7. The summed E-state index contributed by atoms with van der Waals surface area (Å²) in [5, 5.41) is 9.74. The second-order valence-corrected chi connectivity index (χ2v) is 12.1. The smallest absolute Gasteiger partial charge is 0.330 e. The van der Waals surface area contributed by atoms with Gasteiger partial charge >= 0.3 is 5.69 Å². The lowest BCUT2D eigenvalue weighted by Gasteiger charge is -2.34. The molecule has 3 fully saturated rings. The minimum atomic E-state index is -0.0612. The minimum Gasteiger partial charge on any atom is -0.381 e. The summed E-state index contributed by atoms with van der Waals surface area (Å²) in [5.41, 5.74) is 5.84. The van der Waals surface area contributed by atoms with E-state index in [4.69, 9.17) is 14.5 Å². The third-order valence-electron chi connectivity index (χ3n) is 9.72. The Balaban J connectivity index is 1.09. The molecule has 1 spiro atoms. The van der Waals surface area contributed by atoms with E-state index in [0.717, 1.165) is 59.2 Å². The molecule has 2 saturated carbocycles. The summed E-state index contributed by atoms with van der Waals surface area (Å²) < 4.78 is 15.1. The van der Waals surface area contributed by atoms with Crippen molar-refractivity contribution in [2.45, 2.75) is 63.7 Å². The van der Waals surface area contributed by atoms with Crippen LogP contribution in [0.15, 0.2) is 41.3 Å². The average Bonchev–Trinajstić information content (AvgIpc) is 3.67. The zero-order valence-corrected chi connectivity index (χ0v) is 23.7. The van der Waals surface area contributed by atoms with Gasteiger partial charge in [0.1, 0.15) is 5.52 Å². The SMILES string of the molecule is CO[C@H]1C[C@@H](n2c(=O)n(C)c3nnc4ccc(-c5ccc([C@@H](C)OCCN6CCC7(CC6)CC7)nc5)cc4c32)C1. The Bertz CT molecular complexity index is 1590. The van der Waals surface area contributed by atoms with Gasteiger partial charge < -0.3 is 14.4 Å². The van der Waals surface area contributed by atoms with E-state index >= 15 is 0 Å². The molecule has 2 aliphatic carbocycles. The molecule has 7 rings (SSSR count). The van der Waals surface area contributed by atoms with Crippen LogP contribution < -0.4 is 5.69 Å². The molecule has 4 aromatic rings. The second kappa shape index (κ2) is 10.0. The summed E-state index contributed by atoms with van der Waals surface area (Å²) in [7, 11) is 3.49. The zero-order chi connectivity index (χ0) is 27.4. The molecule has 0 amide bonds. The summed E-state index contributed by atoms with van der Waals surface area (Å²) in [5.74, 6) is 0. The number of aryl methyl sites for hydroxylation is 1. The molecule has 210 valence electrons. The van der Waals surface area contributed by atoms with Crippen LogP contribution in [0.4, 0.5) is 0 Å². The average molecular weight is 543 g/mol. The molecular formula is C31H38N6O3. The van der Waals surface area contributed by atoms with Crippen molar-refractivity contribution >= 4 is 22.1 Å². The number of imidazole rings is 1. The Morgan fingerprint density at radius 2 is 1.82 bits per heavy atom. The maximum Gasteiger partial charge on any atom is 0.330 e. The van der Waals surface area contributed by atoms with Gasteiger partial charge in [-0.3, -0.25) is 14.1 Å². The Kier molecular flexibility index (Phi) is 6.48. The van der Waals surface area contributed by atoms with Crippen LogP contribution >= 0.6 is 0 Å². The van der Waals surface area contributed by atoms with Crippen molar-refractivity contribution in [2.24, 2.45) is 12.5 Å². The number of rotatable bonds is 8. The molecule has 9 nitrogen and oxygen atoms in total. The monoisotopic (exact) mass is 542 g/mol. The van der Waals surface area contributed by atoms with Crippen LogP contribution in [-0.2, 0) is 16.5 Å². The zero-order valence-electron chi connectivity index (χ0n) is 23.7. The Labute approximate surface area is 234 Å². The number of methoxy groups -OCH3 is 1. The van der Waals surface area contributed by atoms with E-state index < -0.39 is 0 Å². The van der Waals surface area contributed by atoms with Crippen LogP contribution in [0.3, 0.4) is 0 Å². The van der Waals surface area contributed by atoms with Crippen molar-refractivity contribution in [1.82, 2.24) is 29.2 Å². The standard InChI is InChI=1S/C31H38N6O3/c1-20(40-15-14-36-12-10-31(8-9-31)11-13-36)26-6-5-22(19-32-26)21-4-7-27-25(16-21)28-29(34-33-27)35(2)30(38)37(28)23-17-24(18-23)39-3/h4-7,16,19-20,23-24H,8-15,17-18H2,1-3H3/t20-,23-,24+/m1/s1. The van der Waals surface area contributed by atoms with Crippen LogP contribution in [0.2, 0.25) is 0 Å². The van der Waals surface area contributed by atoms with Gasteiger partial charge in [-0.1, -0.05) is 12.1 Å². The summed E-state index contributed by atoms with van der Waals surface area (Å²) >= 11 is 0. The van der Waals surface area contributed by atoms with Gasteiger partial charge in [0.2, 0.25) is 0 Å². The first kappa shape index (κ1) is 25.8. The van der Waals surface area contributed by atoms with Gasteiger partial charge in [-0.25, -0.2) is 4.79 Å². The predicted molar refractivity (Wildman–Crippen MR) is 154 cm³/mol. The van der Waals surface area contributed by atoms with Gasteiger partial charge in [-0.05, 0) is 87.7 Å². The molecule has 9 heteroatoms. The molecule has 0 N–H and O–H groups in total. The van der Waals surface area contributed by atoms with Crippen molar-refractivity contribution in [3.63, 3.8) is 0 Å². The van der Waals surface area contributed by atoms with Gasteiger partial charge in [0.05, 0.1) is 30.0 Å². The first-order valence-electron chi connectivity index (χ1n) is 14.7. The van der Waals surface area contributed by atoms with Crippen LogP contribution in [0, 0.1) is 5.41 Å². The second-order valence-electron chi connectivity index (χ2n) is 12.1. The first-order valence-corrected chi connectivity index (χ1v) is 14.7. The molecule has 0 unspecified atom stereocenters. The largest absolute Gasteiger partial charge is 0.381 e. The van der Waals surface area contributed by atoms with Gasteiger partial charge in [0.25, 0.3) is 0 Å². The number of fused-ring (bicyclic) bond motifs is 3. The minimum absolute atomic E-state index is 0.0581. The number of nitrogens with zero attached hydrogens (tertiary/aromatic N) is 6. The van der Waals surface area contributed by atoms with Crippen LogP contribution in [0.25, 0.3) is 33.2 Å². The van der Waals surface area contributed by atoms with Crippen LogP contribution in [0.5, 0.6) is 0 Å². The van der Waals surface area contributed by atoms with E-state index in [9.17, 15) is 4.79 Å². The molecule has 0 bridgehead atoms. The Hall–Kier alpha value is -3.14. The fourth-order valence-corrected chi connectivity index (χ4v) is 6.54. The van der Waals surface area contributed by atoms with E-state index in [1.807, 2.05) is 22.9 Å². The van der Waals surface area contributed by atoms with Crippen LogP contribution in [-0.4, -0.2) is 68.7 Å². The molecule has 1 atom stereocenters. The summed E-state index contributed by atoms with van der Waals surface area (Å²) in [4.78, 5) is 20.5. The summed E-state index contributed by atoms with van der Waals surface area (Å²) in [6, 6.07) is 10.4. The number of hydrogen-bond donors (Lipinski definition) is 0. The van der Waals surface area contributed by atoms with Crippen molar-refractivity contribution < 1.29 is 9.47 Å². The van der Waals surface area contributed by atoms with Crippen molar-refractivity contribution in [3.8, 4) is 11.1 Å². The fourth-order valence-electron chi connectivity index (χ4n) is 6.54. The fraction of sp³-hybridized carbons (Fsp3) is 0.548. The molecule has 0 radical (unpaired) electrons. The lowest BCUT2D eigenvalue weighted by molar-refractivity contribution is 0.00635. The van der Waals surface area contributed by atoms with E-state index in [1.54, 1.807) is 18.7 Å². The van der Waals surface area contributed by atoms with E-state index in [-0.39, 0.29) is 23.9 Å². The number of ether oxygens (including phenoxy) is 2. The number of aromatic nitrogens is 5. The van der Waals surface area contributed by atoms with Crippen molar-refractivity contribution in [2.75, 3.05) is 33.4 Å². The number of piperidine rings is 1. The van der Waals surface area contributed by atoms with Gasteiger partial charge in [-0.2, -0.15) is 0 Å². The van der Waals surface area contributed by atoms with Crippen molar-refractivity contribution in [1.29, 1.82) is 0 Å². The van der Waals surface area contributed by atoms with E-state index in [2.05, 4.69) is 40.2 Å². The highest BCUT2D eigenvalue weighted by Gasteiger charge is 2.44. The summed E-state index contributed by atoms with van der Waals surface area (Å²) in [6.07, 6.45) is 9.29. The quantitative estimate of drug-likeness (QED) is 0.320. The highest BCUT2D eigenvalue weighted by atomic mass is 16.5. The third kappa shape index (κ3) is 4.54. The molecule has 1 aromatic carbocycles. The molecule has 3 aromatic heterocycles. The molecule has 40 heavy (non-hydrogen) atoms. The van der Waals surface area contributed by atoms with Crippen LogP contribution in [0.1, 0.15) is 63.3 Å². The molecule has 4 heterocycles. The van der Waals surface area contributed by atoms with Gasteiger partial charge in [0.15, 0.2) is 5.65 Å². The molecule has 3 aliphatic rings. The van der Waals surface area contributed by atoms with E-state index in [0.29, 0.717) is 11.1 Å². The van der Waals surface area contributed by atoms with Gasteiger partial charge in [-0.15, -0.1) is 10.2 Å². The number of pyridine rings is 1. The highest BCUT2D eigenvalue weighted by Crippen LogP contribution is 2.53. The third-order valence-corrected chi connectivity index (χ3v) is 9.72. The molecule has 1 saturated heterocycles. The van der Waals surface area contributed by atoms with E-state index in [1.165, 1.54) is 38.8 Å². The molecule has 1 aliphatic heterocycles. The van der Waals surface area contributed by atoms with Gasteiger partial charge in [0, 0.05) is 43.9 Å². The van der Waals surface area contributed by atoms with Crippen molar-refractivity contribution in [3.05, 3.63) is 52.7 Å². The normalized spacial score (nSPS) is 23.1. The maximum atomic E-state index is 13.2. The lowest BCUT2D eigenvalue weighted by atomic mass is 9.89. The predicted octanol–water partition coefficient (Wildman–Crippen LogP) is 4.65. The lowest BCUT2D eigenvalue weighted by Crippen LogP contribution is -2.37. The molecular weight excluding hydrogens is 504 g/mol. The maximum absolute atomic E-state index is 13.2. The summed E-state index contributed by atoms with van der Waals surface area (Å²) in [6.45, 7) is 6.21. The first-order chi connectivity index (χ1) is 19.4. The topological polar surface area (TPSA) is 87.3 Å².